The second-order valence-corrected chi connectivity index (χ2v) is 14.3. The molecule has 2 saturated heterocycles. The fourth-order valence-electron chi connectivity index (χ4n) is 5.80. The molecule has 3 fully saturated rings. The number of benzene rings is 2. The van der Waals surface area contributed by atoms with Gasteiger partial charge in [-0.25, -0.2) is 8.42 Å². The van der Waals surface area contributed by atoms with Crippen LogP contribution in [0.1, 0.15) is 38.7 Å². The molecule has 3 unspecified atom stereocenters. The number of nitrogens with one attached hydrogen (secondary N) is 1. The van der Waals surface area contributed by atoms with Crippen LogP contribution in [0.4, 0.5) is 13.2 Å². The number of halogens is 5. The molecule has 2 aromatic rings. The number of carbonyl (C=O) groups excluding carboxylic acids is 3. The highest BCUT2D eigenvalue weighted by Gasteiger charge is 2.54. The molecule has 1 N–H and O–H groups in total. The minimum Gasteiger partial charge on any atom is -0.406 e. The van der Waals surface area contributed by atoms with Crippen molar-refractivity contribution in [3.8, 4) is 5.75 Å². The number of rotatable bonds is 8. The van der Waals surface area contributed by atoms with Gasteiger partial charge in [0.25, 0.3) is 0 Å². The molecule has 0 radical (unpaired) electrons. The molecule has 2 aromatic carbocycles. The van der Waals surface area contributed by atoms with Gasteiger partial charge in [-0.15, -0.1) is 13.2 Å². The molecule has 45 heavy (non-hydrogen) atoms. The van der Waals surface area contributed by atoms with E-state index in [0.717, 1.165) is 28.9 Å². The van der Waals surface area contributed by atoms with Gasteiger partial charge in [0.2, 0.25) is 27.7 Å². The molecule has 10 nitrogen and oxygen atoms in total. The topological polar surface area (TPSA) is 116 Å². The standard InChI is InChI=1S/C29H31Cl2F3N4O6S/c1-16(2)36-15-25-37(45(42,43)24-11-10-20(13-21(24)31)44-29(32,33)34)14-22(35-26(39)18-4-3-5-18)27(40)38(25)23(28(36)41)12-17-6-8-19(30)9-7-17/h6-11,13,16,18,22-23,25H,3-5,12,14-15H2,1-2H3,(H,35,39). The van der Waals surface area contributed by atoms with Crippen molar-refractivity contribution in [2.24, 2.45) is 5.92 Å². The lowest BCUT2D eigenvalue weighted by Crippen LogP contribution is -2.76. The van der Waals surface area contributed by atoms with Crippen molar-refractivity contribution in [2.45, 2.75) is 75.1 Å². The van der Waals surface area contributed by atoms with Gasteiger partial charge in [-0.2, -0.15) is 4.31 Å². The predicted molar refractivity (Wildman–Crippen MR) is 158 cm³/mol. The third kappa shape index (κ3) is 6.88. The molecule has 2 aliphatic heterocycles. The van der Waals surface area contributed by atoms with Gasteiger partial charge in [-0.3, -0.25) is 14.4 Å². The molecule has 5 rings (SSSR count). The van der Waals surface area contributed by atoms with E-state index in [1.165, 1.54) is 9.80 Å². The van der Waals surface area contributed by atoms with Gasteiger partial charge in [-0.1, -0.05) is 41.8 Å². The number of ether oxygens (including phenoxy) is 1. The van der Waals surface area contributed by atoms with Gasteiger partial charge in [0.05, 0.1) is 11.6 Å². The molecular formula is C29H31Cl2F3N4O6S. The van der Waals surface area contributed by atoms with Crippen LogP contribution >= 0.6 is 23.2 Å². The number of hydrogen-bond acceptors (Lipinski definition) is 6. The molecule has 0 spiro atoms. The molecule has 16 heteroatoms. The van der Waals surface area contributed by atoms with Crippen LogP contribution in [0.5, 0.6) is 5.75 Å². The van der Waals surface area contributed by atoms with Crippen molar-refractivity contribution in [1.29, 1.82) is 0 Å². The van der Waals surface area contributed by atoms with E-state index in [2.05, 4.69) is 10.1 Å². The molecule has 0 aromatic heterocycles. The average Bonchev–Trinajstić information content (AvgIpc) is 2.90. The summed E-state index contributed by atoms with van der Waals surface area (Å²) in [5, 5.41) is 2.61. The van der Waals surface area contributed by atoms with Gasteiger partial charge in [0.15, 0.2) is 0 Å². The SMILES string of the molecule is CC(C)N1CC2N(C(=O)C(NC(=O)C3CCC3)CN2S(=O)(=O)c2ccc(OC(F)(F)F)cc2Cl)C(Cc2ccc(Cl)cc2)C1=O. The summed E-state index contributed by atoms with van der Waals surface area (Å²) in [6, 6.07) is 6.26. The number of sulfonamides is 1. The summed E-state index contributed by atoms with van der Waals surface area (Å²) in [5.41, 5.74) is 0.660. The number of piperazine rings is 1. The summed E-state index contributed by atoms with van der Waals surface area (Å²) < 4.78 is 71.8. The second-order valence-electron chi connectivity index (χ2n) is 11.6. The minimum absolute atomic E-state index is 0.0306. The quantitative estimate of drug-likeness (QED) is 0.444. The van der Waals surface area contributed by atoms with Crippen LogP contribution in [0.2, 0.25) is 10.0 Å². The van der Waals surface area contributed by atoms with E-state index in [-0.39, 0.29) is 24.9 Å². The van der Waals surface area contributed by atoms with E-state index < -0.39 is 74.6 Å². The van der Waals surface area contributed by atoms with Crippen LogP contribution in [0.15, 0.2) is 47.4 Å². The highest BCUT2D eigenvalue weighted by atomic mass is 35.5. The van der Waals surface area contributed by atoms with Gasteiger partial charge in [0, 0.05) is 36.0 Å². The number of carbonyl (C=O) groups is 3. The first-order chi connectivity index (χ1) is 21.1. The van der Waals surface area contributed by atoms with Crippen LogP contribution in [0.25, 0.3) is 0 Å². The highest BCUT2D eigenvalue weighted by Crippen LogP contribution is 2.37. The third-order valence-electron chi connectivity index (χ3n) is 8.31. The fourth-order valence-corrected chi connectivity index (χ4v) is 8.02. The lowest BCUT2D eigenvalue weighted by Gasteiger charge is -2.54. The first kappa shape index (κ1) is 33.3. The Balaban J connectivity index is 1.58. The number of amides is 3. The van der Waals surface area contributed by atoms with Gasteiger partial charge in [-0.05, 0) is 56.5 Å². The van der Waals surface area contributed by atoms with Gasteiger partial charge in [0.1, 0.15) is 28.9 Å². The zero-order chi connectivity index (χ0) is 32.8. The van der Waals surface area contributed by atoms with E-state index in [0.29, 0.717) is 23.4 Å². The van der Waals surface area contributed by atoms with Crippen molar-refractivity contribution in [3.05, 3.63) is 58.1 Å². The van der Waals surface area contributed by atoms with E-state index in [1.807, 2.05) is 0 Å². The first-order valence-electron chi connectivity index (χ1n) is 14.3. The zero-order valence-electron chi connectivity index (χ0n) is 24.3. The normalized spacial score (nSPS) is 23.2. The maximum absolute atomic E-state index is 14.3. The van der Waals surface area contributed by atoms with Crippen molar-refractivity contribution in [2.75, 3.05) is 13.1 Å². The number of alkyl halides is 3. The number of hydrogen-bond donors (Lipinski definition) is 1. The molecule has 244 valence electrons. The Morgan fingerprint density at radius 1 is 1.04 bits per heavy atom. The summed E-state index contributed by atoms with van der Waals surface area (Å²) in [6.45, 7) is 2.85. The lowest BCUT2D eigenvalue weighted by molar-refractivity contribution is -0.274. The fraction of sp³-hybridized carbons (Fsp3) is 0.483. The van der Waals surface area contributed by atoms with E-state index in [9.17, 15) is 36.0 Å². The van der Waals surface area contributed by atoms with E-state index in [4.69, 9.17) is 23.2 Å². The molecule has 1 aliphatic carbocycles. The molecule has 1 saturated carbocycles. The predicted octanol–water partition coefficient (Wildman–Crippen LogP) is 4.20. The molecule has 0 bridgehead atoms. The number of fused-ring (bicyclic) bond motifs is 1. The molecule has 2 heterocycles. The Hall–Kier alpha value is -3.07. The zero-order valence-corrected chi connectivity index (χ0v) is 26.6. The van der Waals surface area contributed by atoms with E-state index >= 15 is 0 Å². The summed E-state index contributed by atoms with van der Waals surface area (Å²) in [5.74, 6) is -2.46. The van der Waals surface area contributed by atoms with E-state index in [1.54, 1.807) is 38.1 Å². The molecule has 3 amide bonds. The molecule has 3 aliphatic rings. The molecule has 3 atom stereocenters. The van der Waals surface area contributed by atoms with Crippen molar-refractivity contribution in [1.82, 2.24) is 19.4 Å². The van der Waals surface area contributed by atoms with Crippen molar-refractivity contribution < 1.29 is 40.7 Å². The highest BCUT2D eigenvalue weighted by molar-refractivity contribution is 7.89. The van der Waals surface area contributed by atoms with Crippen molar-refractivity contribution in [3.63, 3.8) is 0 Å². The smallest absolute Gasteiger partial charge is 0.406 e. The monoisotopic (exact) mass is 690 g/mol. The Morgan fingerprint density at radius 2 is 1.71 bits per heavy atom. The molecular weight excluding hydrogens is 660 g/mol. The maximum atomic E-state index is 14.3. The maximum Gasteiger partial charge on any atom is 0.573 e. The summed E-state index contributed by atoms with van der Waals surface area (Å²) >= 11 is 12.3. The van der Waals surface area contributed by atoms with Crippen LogP contribution in [0, 0.1) is 5.92 Å². The van der Waals surface area contributed by atoms with Crippen molar-refractivity contribution >= 4 is 50.9 Å². The Bertz CT molecular complexity index is 1590. The Labute approximate surface area is 268 Å². The lowest BCUT2D eigenvalue weighted by atomic mass is 9.84. The average molecular weight is 692 g/mol. The van der Waals surface area contributed by atoms with Gasteiger partial charge >= 0.3 is 6.36 Å². The second kappa shape index (κ2) is 12.6. The van der Waals surface area contributed by atoms with Crippen LogP contribution < -0.4 is 10.1 Å². The van der Waals surface area contributed by atoms with Crippen LogP contribution in [-0.2, 0) is 30.8 Å². The van der Waals surface area contributed by atoms with Gasteiger partial charge < -0.3 is 19.9 Å². The summed E-state index contributed by atoms with van der Waals surface area (Å²) in [4.78, 5) is 43.1. The summed E-state index contributed by atoms with van der Waals surface area (Å²) in [7, 11) is -4.63. The largest absolute Gasteiger partial charge is 0.573 e. The Morgan fingerprint density at radius 3 is 2.27 bits per heavy atom. The Kier molecular flexibility index (Phi) is 9.33. The van der Waals surface area contributed by atoms with Crippen LogP contribution in [-0.4, -0.2) is 84.0 Å². The first-order valence-corrected chi connectivity index (χ1v) is 16.5. The number of nitrogens with zero attached hydrogens (tertiary/aromatic N) is 3. The van der Waals surface area contributed by atoms with Crippen LogP contribution in [0.3, 0.4) is 0 Å². The third-order valence-corrected chi connectivity index (χ3v) is 10.9. The minimum atomic E-state index is -5.03. The summed E-state index contributed by atoms with van der Waals surface area (Å²) in [6.07, 6.45) is -4.10.